The Bertz CT molecular complexity index is 1490. The number of aromatic amines is 1. The Morgan fingerprint density at radius 3 is 2.46 bits per heavy atom. The summed E-state index contributed by atoms with van der Waals surface area (Å²) in [5.41, 5.74) is 3.78. The number of carbonyl (C=O) groups excluding carboxylic acids is 1. The molecule has 1 aliphatic rings. The van der Waals surface area contributed by atoms with Gasteiger partial charge in [-0.2, -0.15) is 0 Å². The molecule has 1 fully saturated rings. The molecule has 5 rings (SSSR count). The number of aliphatic imine (C=N–C) groups is 1. The van der Waals surface area contributed by atoms with Crippen molar-refractivity contribution in [3.63, 3.8) is 0 Å². The number of aromatic nitrogens is 1. The summed E-state index contributed by atoms with van der Waals surface area (Å²) in [6.45, 7) is 0.500. The second kappa shape index (κ2) is 10.8. The van der Waals surface area contributed by atoms with Gasteiger partial charge in [0, 0.05) is 35.3 Å². The molecule has 1 N–H and O–H groups in total. The van der Waals surface area contributed by atoms with E-state index in [4.69, 9.17) is 19.2 Å². The molecule has 1 saturated heterocycles. The molecule has 0 bridgehead atoms. The molecule has 0 saturated carbocycles. The molecule has 8 heteroatoms. The topological polar surface area (TPSA) is 76.2 Å². The lowest BCUT2D eigenvalue weighted by Gasteiger charge is -2.15. The number of ether oxygens (including phenoxy) is 3. The number of thioether (sulfide) groups is 1. The maximum atomic E-state index is 13.6. The highest BCUT2D eigenvalue weighted by atomic mass is 32.2. The molecule has 7 nitrogen and oxygen atoms in total. The SMILES string of the molecule is COc1ccc(N=C2SC(=Cc3ccc(OC)cc3OC)C(=O)N2CCc2c[nH]c3ccccc23)cc1. The van der Waals surface area contributed by atoms with Crippen LogP contribution >= 0.6 is 11.8 Å². The van der Waals surface area contributed by atoms with Gasteiger partial charge < -0.3 is 19.2 Å². The number of amides is 1. The normalized spacial score (nSPS) is 15.6. The monoisotopic (exact) mass is 513 g/mol. The Morgan fingerprint density at radius 1 is 0.946 bits per heavy atom. The number of hydrogen-bond acceptors (Lipinski definition) is 6. The number of amidine groups is 1. The Labute approximate surface area is 219 Å². The van der Waals surface area contributed by atoms with Crippen LogP contribution in [0.4, 0.5) is 5.69 Å². The van der Waals surface area contributed by atoms with E-state index in [1.807, 2.05) is 60.8 Å². The zero-order chi connectivity index (χ0) is 25.8. The molecule has 1 aromatic heterocycles. The second-order valence-electron chi connectivity index (χ2n) is 8.38. The first-order valence-electron chi connectivity index (χ1n) is 11.8. The van der Waals surface area contributed by atoms with Crippen molar-refractivity contribution >= 4 is 45.5 Å². The van der Waals surface area contributed by atoms with Crippen molar-refractivity contribution in [2.24, 2.45) is 4.99 Å². The minimum atomic E-state index is -0.0880. The fourth-order valence-corrected chi connectivity index (χ4v) is 5.22. The standard InChI is InChI=1S/C29H27N3O4S/c1-34-22-12-9-21(10-13-22)31-29-32(15-14-20-18-30-25-7-5-4-6-24(20)25)28(33)27(37-29)16-19-8-11-23(35-2)17-26(19)36-3/h4-13,16-18,30H,14-15H2,1-3H3. The van der Waals surface area contributed by atoms with E-state index in [-0.39, 0.29) is 5.91 Å². The van der Waals surface area contributed by atoms with E-state index in [9.17, 15) is 4.79 Å². The first kappa shape index (κ1) is 24.5. The van der Waals surface area contributed by atoms with Crippen LogP contribution in [0.1, 0.15) is 11.1 Å². The highest BCUT2D eigenvalue weighted by Crippen LogP contribution is 2.37. The lowest BCUT2D eigenvalue weighted by Crippen LogP contribution is -2.31. The smallest absolute Gasteiger partial charge is 0.266 e. The van der Waals surface area contributed by atoms with Crippen molar-refractivity contribution in [3.05, 3.63) is 89.0 Å². The molecule has 37 heavy (non-hydrogen) atoms. The number of nitrogens with one attached hydrogen (secondary N) is 1. The van der Waals surface area contributed by atoms with Gasteiger partial charge in [0.15, 0.2) is 5.17 Å². The molecular weight excluding hydrogens is 486 g/mol. The van der Waals surface area contributed by atoms with Gasteiger partial charge >= 0.3 is 0 Å². The van der Waals surface area contributed by atoms with E-state index in [0.29, 0.717) is 34.5 Å². The lowest BCUT2D eigenvalue weighted by molar-refractivity contribution is -0.122. The van der Waals surface area contributed by atoms with Crippen molar-refractivity contribution in [2.75, 3.05) is 27.9 Å². The third-order valence-corrected chi connectivity index (χ3v) is 7.20. The molecule has 1 amide bonds. The average Bonchev–Trinajstić information content (AvgIpc) is 3.48. The molecule has 0 aliphatic carbocycles. The summed E-state index contributed by atoms with van der Waals surface area (Å²) in [6.07, 6.45) is 4.55. The second-order valence-corrected chi connectivity index (χ2v) is 9.39. The summed E-state index contributed by atoms with van der Waals surface area (Å²) < 4.78 is 16.1. The van der Waals surface area contributed by atoms with E-state index in [1.165, 1.54) is 11.8 Å². The molecule has 3 aromatic carbocycles. The summed E-state index contributed by atoms with van der Waals surface area (Å²) in [5, 5.41) is 1.79. The average molecular weight is 514 g/mol. The van der Waals surface area contributed by atoms with Crippen LogP contribution in [0.25, 0.3) is 17.0 Å². The highest BCUT2D eigenvalue weighted by Gasteiger charge is 2.33. The van der Waals surface area contributed by atoms with E-state index in [1.54, 1.807) is 32.3 Å². The minimum absolute atomic E-state index is 0.0880. The van der Waals surface area contributed by atoms with Gasteiger partial charge in [-0.15, -0.1) is 0 Å². The maximum absolute atomic E-state index is 13.6. The van der Waals surface area contributed by atoms with Crippen LogP contribution in [0, 0.1) is 0 Å². The van der Waals surface area contributed by atoms with Crippen LogP contribution in [-0.2, 0) is 11.2 Å². The van der Waals surface area contributed by atoms with Gasteiger partial charge in [0.25, 0.3) is 5.91 Å². The molecule has 2 heterocycles. The molecule has 188 valence electrons. The third kappa shape index (κ3) is 5.20. The highest BCUT2D eigenvalue weighted by molar-refractivity contribution is 8.18. The van der Waals surface area contributed by atoms with E-state index in [2.05, 4.69) is 17.1 Å². The number of fused-ring (bicyclic) bond motifs is 1. The van der Waals surface area contributed by atoms with Crippen molar-refractivity contribution in [3.8, 4) is 17.2 Å². The Balaban J connectivity index is 1.47. The van der Waals surface area contributed by atoms with Crippen LogP contribution in [0.3, 0.4) is 0 Å². The van der Waals surface area contributed by atoms with Gasteiger partial charge in [-0.1, -0.05) is 18.2 Å². The van der Waals surface area contributed by atoms with Gasteiger partial charge in [0.1, 0.15) is 17.2 Å². The molecule has 1 aliphatic heterocycles. The predicted octanol–water partition coefficient (Wildman–Crippen LogP) is 6.04. The Hall–Kier alpha value is -4.17. The molecular formula is C29H27N3O4S. The number of hydrogen-bond donors (Lipinski definition) is 1. The van der Waals surface area contributed by atoms with Gasteiger partial charge in [0.05, 0.1) is 31.9 Å². The third-order valence-electron chi connectivity index (χ3n) is 6.19. The zero-order valence-corrected chi connectivity index (χ0v) is 21.7. The van der Waals surface area contributed by atoms with Gasteiger partial charge in [-0.05, 0) is 72.3 Å². The summed E-state index contributed by atoms with van der Waals surface area (Å²) in [7, 11) is 4.84. The van der Waals surface area contributed by atoms with E-state index in [0.717, 1.165) is 33.5 Å². The Morgan fingerprint density at radius 2 is 1.70 bits per heavy atom. The van der Waals surface area contributed by atoms with E-state index < -0.39 is 0 Å². The fourth-order valence-electron chi connectivity index (χ4n) is 4.21. The Kier molecular flexibility index (Phi) is 7.18. The van der Waals surface area contributed by atoms with Crippen molar-refractivity contribution in [1.82, 2.24) is 9.88 Å². The lowest BCUT2D eigenvalue weighted by atomic mass is 10.1. The molecule has 0 radical (unpaired) electrons. The van der Waals surface area contributed by atoms with Gasteiger partial charge in [-0.25, -0.2) is 4.99 Å². The van der Waals surface area contributed by atoms with Crippen LogP contribution in [0.15, 0.2) is 82.8 Å². The first-order valence-corrected chi connectivity index (χ1v) is 12.6. The van der Waals surface area contributed by atoms with Gasteiger partial charge in [0.2, 0.25) is 0 Å². The summed E-state index contributed by atoms with van der Waals surface area (Å²) in [4.78, 5) is 24.1. The predicted molar refractivity (Wildman–Crippen MR) is 149 cm³/mol. The molecule has 0 spiro atoms. The summed E-state index contributed by atoms with van der Waals surface area (Å²) in [6, 6.07) is 21.2. The number of rotatable bonds is 8. The molecule has 4 aromatic rings. The van der Waals surface area contributed by atoms with Crippen LogP contribution in [0.5, 0.6) is 17.2 Å². The van der Waals surface area contributed by atoms with Crippen LogP contribution in [0.2, 0.25) is 0 Å². The number of methoxy groups -OCH3 is 3. The van der Waals surface area contributed by atoms with Crippen molar-refractivity contribution in [2.45, 2.75) is 6.42 Å². The molecule has 0 atom stereocenters. The zero-order valence-electron chi connectivity index (χ0n) is 20.9. The quantitative estimate of drug-likeness (QED) is 0.291. The molecule has 0 unspecified atom stereocenters. The number of carbonyl (C=O) groups is 1. The van der Waals surface area contributed by atoms with Crippen LogP contribution < -0.4 is 14.2 Å². The fraction of sp³-hybridized carbons (Fsp3) is 0.172. The summed E-state index contributed by atoms with van der Waals surface area (Å²) >= 11 is 1.36. The van der Waals surface area contributed by atoms with Gasteiger partial charge in [-0.3, -0.25) is 9.69 Å². The number of para-hydroxylation sites is 1. The van der Waals surface area contributed by atoms with E-state index >= 15 is 0 Å². The minimum Gasteiger partial charge on any atom is -0.497 e. The maximum Gasteiger partial charge on any atom is 0.266 e. The van der Waals surface area contributed by atoms with Crippen molar-refractivity contribution < 1.29 is 19.0 Å². The largest absolute Gasteiger partial charge is 0.497 e. The first-order chi connectivity index (χ1) is 18.1. The summed E-state index contributed by atoms with van der Waals surface area (Å²) in [5.74, 6) is 1.98. The van der Waals surface area contributed by atoms with Crippen molar-refractivity contribution in [1.29, 1.82) is 0 Å². The van der Waals surface area contributed by atoms with Crippen LogP contribution in [-0.4, -0.2) is 48.8 Å². The number of H-pyrrole nitrogens is 1. The number of benzene rings is 3. The number of nitrogens with zero attached hydrogens (tertiary/aromatic N) is 2.